The molecule has 52 heavy (non-hydrogen) atoms. The third-order valence-electron chi connectivity index (χ3n) is 10.7. The SMILES string of the molecule is CC(=C/C(C)C)/C=C(/C)CB(c1ccc(-n2c3ccccc3c3ccc4c5ccccc5n(-c5ccccc5)c4c32)cc1)c1c(C)cc(C)cc1C. The van der Waals surface area contributed by atoms with Gasteiger partial charge in [-0.3, -0.25) is 0 Å². The van der Waals surface area contributed by atoms with Crippen LogP contribution in [0.5, 0.6) is 0 Å². The Bertz CT molecular complexity index is 2640. The summed E-state index contributed by atoms with van der Waals surface area (Å²) in [6.07, 6.45) is 5.71. The lowest BCUT2D eigenvalue weighted by atomic mass is 9.36. The highest BCUT2D eigenvalue weighted by Gasteiger charge is 2.25. The zero-order chi connectivity index (χ0) is 36.1. The minimum Gasteiger partial charge on any atom is -0.307 e. The smallest absolute Gasteiger partial charge is 0.213 e. The van der Waals surface area contributed by atoms with E-state index < -0.39 is 0 Å². The second-order valence-corrected chi connectivity index (χ2v) is 15.2. The van der Waals surface area contributed by atoms with Crippen molar-refractivity contribution in [2.45, 2.75) is 54.8 Å². The average Bonchev–Trinajstić information content (AvgIpc) is 3.64. The van der Waals surface area contributed by atoms with E-state index in [0.29, 0.717) is 5.92 Å². The molecule has 0 aliphatic heterocycles. The van der Waals surface area contributed by atoms with Gasteiger partial charge in [0.15, 0.2) is 0 Å². The molecule has 0 aliphatic rings. The van der Waals surface area contributed by atoms with Gasteiger partial charge in [0, 0.05) is 32.9 Å². The number of nitrogens with zero attached hydrogens (tertiary/aromatic N) is 2. The van der Waals surface area contributed by atoms with Crippen LogP contribution in [0.2, 0.25) is 6.32 Å². The fourth-order valence-electron chi connectivity index (χ4n) is 8.94. The van der Waals surface area contributed by atoms with Gasteiger partial charge in [0.05, 0.1) is 22.1 Å². The van der Waals surface area contributed by atoms with E-state index in [1.54, 1.807) is 0 Å². The van der Waals surface area contributed by atoms with Crippen LogP contribution in [0.4, 0.5) is 0 Å². The third-order valence-corrected chi connectivity index (χ3v) is 10.7. The Kier molecular flexibility index (Phi) is 8.75. The summed E-state index contributed by atoms with van der Waals surface area (Å²) in [7, 11) is 0. The molecule has 8 rings (SSSR count). The Hall–Kier alpha value is -5.54. The number of benzene rings is 6. The number of para-hydroxylation sites is 3. The van der Waals surface area contributed by atoms with E-state index in [4.69, 9.17) is 0 Å². The number of hydrogen-bond donors (Lipinski definition) is 0. The van der Waals surface area contributed by atoms with Crippen LogP contribution in [0.25, 0.3) is 55.0 Å². The van der Waals surface area contributed by atoms with Gasteiger partial charge in [0.25, 0.3) is 0 Å². The van der Waals surface area contributed by atoms with Crippen LogP contribution < -0.4 is 10.9 Å². The summed E-state index contributed by atoms with van der Waals surface area (Å²) >= 11 is 0. The maximum absolute atomic E-state index is 2.50. The van der Waals surface area contributed by atoms with Gasteiger partial charge in [-0.25, -0.2) is 0 Å². The second kappa shape index (κ2) is 13.5. The minimum atomic E-state index is 0.253. The van der Waals surface area contributed by atoms with E-state index in [1.165, 1.54) is 93.7 Å². The van der Waals surface area contributed by atoms with Crippen molar-refractivity contribution < 1.29 is 0 Å². The maximum atomic E-state index is 2.50. The standard InChI is InChI=1S/C49H47BN2/c1-32(2)27-33(3)28-35(5)31-50(47-36(6)29-34(4)30-37(47)7)38-21-23-40(24-22-38)52-46-20-14-12-18-42(46)44-26-25-43-41-17-11-13-19-45(41)51(48(43)49(44)52)39-15-9-8-10-16-39/h8-30,32H,31H2,1-7H3/b33-27-,35-28-. The van der Waals surface area contributed by atoms with Gasteiger partial charge in [0.2, 0.25) is 6.71 Å². The van der Waals surface area contributed by atoms with Crippen molar-refractivity contribution >= 4 is 61.3 Å². The van der Waals surface area contributed by atoms with E-state index in [2.05, 4.69) is 197 Å². The normalized spacial score (nSPS) is 12.6. The van der Waals surface area contributed by atoms with Crippen LogP contribution in [-0.2, 0) is 0 Å². The van der Waals surface area contributed by atoms with Gasteiger partial charge in [0.1, 0.15) is 0 Å². The molecule has 0 aliphatic carbocycles. The Balaban J connectivity index is 1.35. The molecule has 2 heterocycles. The molecule has 0 unspecified atom stereocenters. The van der Waals surface area contributed by atoms with Gasteiger partial charge in [-0.2, -0.15) is 0 Å². The average molecular weight is 675 g/mol. The molecule has 6 aromatic carbocycles. The molecule has 0 bridgehead atoms. The number of aryl methyl sites for hydroxylation is 3. The van der Waals surface area contributed by atoms with E-state index >= 15 is 0 Å². The van der Waals surface area contributed by atoms with Crippen molar-refractivity contribution in [2.75, 3.05) is 0 Å². The number of rotatable bonds is 8. The Labute approximate surface area is 308 Å². The van der Waals surface area contributed by atoms with Crippen molar-refractivity contribution in [1.82, 2.24) is 9.13 Å². The Morgan fingerprint density at radius 3 is 1.63 bits per heavy atom. The van der Waals surface area contributed by atoms with Crippen molar-refractivity contribution in [3.05, 3.63) is 167 Å². The van der Waals surface area contributed by atoms with Crippen molar-refractivity contribution in [3.63, 3.8) is 0 Å². The van der Waals surface area contributed by atoms with E-state index in [9.17, 15) is 0 Å². The fraction of sp³-hybridized carbons (Fsp3) is 0.184. The maximum Gasteiger partial charge on any atom is 0.213 e. The minimum absolute atomic E-state index is 0.253. The first-order valence-electron chi connectivity index (χ1n) is 18.7. The van der Waals surface area contributed by atoms with E-state index in [1.807, 2.05) is 0 Å². The molecule has 0 N–H and O–H groups in total. The molecule has 8 aromatic rings. The molecule has 0 saturated heterocycles. The summed E-state index contributed by atoms with van der Waals surface area (Å²) in [6.45, 7) is 16.1. The first-order valence-corrected chi connectivity index (χ1v) is 18.7. The topological polar surface area (TPSA) is 9.86 Å². The summed E-state index contributed by atoms with van der Waals surface area (Å²) in [5, 5.41) is 5.07. The van der Waals surface area contributed by atoms with Crippen LogP contribution >= 0.6 is 0 Å². The molecule has 2 aromatic heterocycles. The van der Waals surface area contributed by atoms with Gasteiger partial charge < -0.3 is 9.13 Å². The molecule has 0 spiro atoms. The monoisotopic (exact) mass is 674 g/mol. The lowest BCUT2D eigenvalue weighted by Gasteiger charge is -2.21. The summed E-state index contributed by atoms with van der Waals surface area (Å²) in [5.41, 5.74) is 16.8. The zero-order valence-electron chi connectivity index (χ0n) is 31.5. The number of fused-ring (bicyclic) bond motifs is 7. The van der Waals surface area contributed by atoms with E-state index in [0.717, 1.165) is 6.32 Å². The summed E-state index contributed by atoms with van der Waals surface area (Å²) in [4.78, 5) is 0. The quantitative estimate of drug-likeness (QED) is 0.112. The van der Waals surface area contributed by atoms with Crippen molar-refractivity contribution in [2.24, 2.45) is 5.92 Å². The highest BCUT2D eigenvalue weighted by Crippen LogP contribution is 2.41. The largest absolute Gasteiger partial charge is 0.307 e. The highest BCUT2D eigenvalue weighted by atomic mass is 15.0. The van der Waals surface area contributed by atoms with Gasteiger partial charge in [-0.1, -0.05) is 156 Å². The molecular formula is C49H47BN2. The molecule has 0 saturated carbocycles. The molecule has 2 nitrogen and oxygen atoms in total. The summed E-state index contributed by atoms with van der Waals surface area (Å²) in [5.74, 6) is 0.532. The van der Waals surface area contributed by atoms with Crippen molar-refractivity contribution in [3.8, 4) is 11.4 Å². The number of allylic oxidation sites excluding steroid dienone is 4. The lowest BCUT2D eigenvalue weighted by Crippen LogP contribution is -2.45. The molecular weight excluding hydrogens is 627 g/mol. The number of hydrogen-bond acceptors (Lipinski definition) is 0. The van der Waals surface area contributed by atoms with Gasteiger partial charge >= 0.3 is 0 Å². The second-order valence-electron chi connectivity index (χ2n) is 15.2. The molecule has 0 amide bonds. The Morgan fingerprint density at radius 2 is 1.10 bits per heavy atom. The highest BCUT2D eigenvalue weighted by molar-refractivity contribution is 6.86. The molecule has 256 valence electrons. The molecule has 3 heteroatoms. The molecule has 0 radical (unpaired) electrons. The van der Waals surface area contributed by atoms with Crippen LogP contribution in [0.1, 0.15) is 44.4 Å². The third kappa shape index (κ3) is 5.89. The summed E-state index contributed by atoms with van der Waals surface area (Å²) in [6, 6.07) is 47.3. The van der Waals surface area contributed by atoms with Crippen LogP contribution in [0.15, 0.2) is 151 Å². The fourth-order valence-corrected chi connectivity index (χ4v) is 8.94. The molecule has 0 fully saturated rings. The van der Waals surface area contributed by atoms with Crippen LogP contribution in [-0.4, -0.2) is 15.8 Å². The lowest BCUT2D eigenvalue weighted by molar-refractivity contribution is 0.825. The van der Waals surface area contributed by atoms with Gasteiger partial charge in [-0.15, -0.1) is 0 Å². The Morgan fingerprint density at radius 1 is 0.596 bits per heavy atom. The van der Waals surface area contributed by atoms with Crippen molar-refractivity contribution in [1.29, 1.82) is 0 Å². The first-order chi connectivity index (χ1) is 25.2. The molecule has 0 atom stereocenters. The predicted octanol–water partition coefficient (Wildman–Crippen LogP) is 12.0. The van der Waals surface area contributed by atoms with Crippen LogP contribution in [0, 0.1) is 26.7 Å². The first kappa shape index (κ1) is 33.6. The zero-order valence-corrected chi connectivity index (χ0v) is 31.5. The van der Waals surface area contributed by atoms with E-state index in [-0.39, 0.29) is 6.71 Å². The predicted molar refractivity (Wildman–Crippen MR) is 228 cm³/mol. The summed E-state index contributed by atoms with van der Waals surface area (Å²) < 4.78 is 4.96. The van der Waals surface area contributed by atoms with Crippen LogP contribution in [0.3, 0.4) is 0 Å². The number of aromatic nitrogens is 2. The van der Waals surface area contributed by atoms with Gasteiger partial charge in [-0.05, 0) is 83.3 Å².